The van der Waals surface area contributed by atoms with Gasteiger partial charge in [-0.2, -0.15) is 0 Å². The van der Waals surface area contributed by atoms with Gasteiger partial charge in [0.1, 0.15) is 0 Å². The highest BCUT2D eigenvalue weighted by Crippen LogP contribution is 2.21. The SMILES string of the molecule is CCc1cc(Br)ccc1S(=O)(=O)NCCC(=O)OC. The van der Waals surface area contributed by atoms with Gasteiger partial charge >= 0.3 is 5.97 Å². The summed E-state index contributed by atoms with van der Waals surface area (Å²) in [6.45, 7) is 1.91. The van der Waals surface area contributed by atoms with Crippen molar-refractivity contribution >= 4 is 31.9 Å². The van der Waals surface area contributed by atoms with Gasteiger partial charge in [-0.15, -0.1) is 0 Å². The van der Waals surface area contributed by atoms with Gasteiger partial charge in [-0.25, -0.2) is 13.1 Å². The maximum absolute atomic E-state index is 12.1. The fourth-order valence-corrected chi connectivity index (χ4v) is 3.28. The summed E-state index contributed by atoms with van der Waals surface area (Å²) >= 11 is 3.31. The van der Waals surface area contributed by atoms with E-state index >= 15 is 0 Å². The second-order valence-corrected chi connectivity index (χ2v) is 6.48. The Morgan fingerprint density at radius 3 is 2.68 bits per heavy atom. The number of carbonyl (C=O) groups excluding carboxylic acids is 1. The number of rotatable bonds is 6. The van der Waals surface area contributed by atoms with Crippen molar-refractivity contribution in [3.63, 3.8) is 0 Å². The minimum Gasteiger partial charge on any atom is -0.469 e. The van der Waals surface area contributed by atoms with E-state index in [1.165, 1.54) is 7.11 Å². The summed E-state index contributed by atoms with van der Waals surface area (Å²) in [5.74, 6) is -0.450. The summed E-state index contributed by atoms with van der Waals surface area (Å²) in [4.78, 5) is 11.2. The van der Waals surface area contributed by atoms with Crippen molar-refractivity contribution in [2.75, 3.05) is 13.7 Å². The predicted molar refractivity (Wildman–Crippen MR) is 75.3 cm³/mol. The van der Waals surface area contributed by atoms with Crippen molar-refractivity contribution < 1.29 is 17.9 Å². The van der Waals surface area contributed by atoms with Crippen LogP contribution in [0.2, 0.25) is 0 Å². The highest BCUT2D eigenvalue weighted by atomic mass is 79.9. The number of halogens is 1. The molecule has 1 aromatic rings. The van der Waals surface area contributed by atoms with Crippen LogP contribution in [0, 0.1) is 0 Å². The van der Waals surface area contributed by atoms with E-state index in [0.29, 0.717) is 6.42 Å². The molecule has 0 aliphatic rings. The maximum atomic E-state index is 12.1. The Bertz CT molecular complexity index is 557. The van der Waals surface area contributed by atoms with E-state index in [2.05, 4.69) is 25.4 Å². The fraction of sp³-hybridized carbons (Fsp3) is 0.417. The molecule has 19 heavy (non-hydrogen) atoms. The molecule has 0 aliphatic heterocycles. The molecule has 7 heteroatoms. The molecule has 0 saturated heterocycles. The molecule has 0 atom stereocenters. The molecule has 5 nitrogen and oxygen atoms in total. The third kappa shape index (κ3) is 4.59. The van der Waals surface area contributed by atoms with Crippen LogP contribution in [0.4, 0.5) is 0 Å². The van der Waals surface area contributed by atoms with Gasteiger partial charge in [0.15, 0.2) is 0 Å². The van der Waals surface area contributed by atoms with Crippen molar-refractivity contribution in [1.29, 1.82) is 0 Å². The van der Waals surface area contributed by atoms with Crippen LogP contribution in [-0.4, -0.2) is 28.0 Å². The van der Waals surface area contributed by atoms with Crippen LogP contribution in [0.3, 0.4) is 0 Å². The van der Waals surface area contributed by atoms with E-state index < -0.39 is 16.0 Å². The Morgan fingerprint density at radius 2 is 2.11 bits per heavy atom. The molecule has 0 aliphatic carbocycles. The van der Waals surface area contributed by atoms with Gasteiger partial charge in [0.25, 0.3) is 0 Å². The van der Waals surface area contributed by atoms with E-state index in [9.17, 15) is 13.2 Å². The van der Waals surface area contributed by atoms with E-state index in [1.807, 2.05) is 6.92 Å². The van der Waals surface area contributed by atoms with E-state index in [4.69, 9.17) is 0 Å². The van der Waals surface area contributed by atoms with Crippen LogP contribution in [0.25, 0.3) is 0 Å². The van der Waals surface area contributed by atoms with Gasteiger partial charge in [-0.1, -0.05) is 22.9 Å². The fourth-order valence-electron chi connectivity index (χ4n) is 1.55. The average Bonchev–Trinajstić information content (AvgIpc) is 2.37. The van der Waals surface area contributed by atoms with Gasteiger partial charge in [-0.3, -0.25) is 4.79 Å². The molecule has 0 bridgehead atoms. The summed E-state index contributed by atoms with van der Waals surface area (Å²) < 4.78 is 31.9. The molecular formula is C12H16BrNO4S. The number of sulfonamides is 1. The molecular weight excluding hydrogens is 334 g/mol. The number of esters is 1. The molecule has 0 amide bonds. The third-order valence-electron chi connectivity index (χ3n) is 2.54. The van der Waals surface area contributed by atoms with Crippen LogP contribution < -0.4 is 4.72 Å². The number of carbonyl (C=O) groups is 1. The third-order valence-corrected chi connectivity index (χ3v) is 4.60. The Balaban J connectivity index is 2.85. The normalized spacial score (nSPS) is 11.3. The molecule has 0 radical (unpaired) electrons. The van der Waals surface area contributed by atoms with Crippen molar-refractivity contribution in [2.24, 2.45) is 0 Å². The first-order valence-electron chi connectivity index (χ1n) is 5.75. The number of nitrogens with one attached hydrogen (secondary N) is 1. The zero-order valence-corrected chi connectivity index (χ0v) is 13.2. The second kappa shape index (κ2) is 7.02. The highest BCUT2D eigenvalue weighted by Gasteiger charge is 2.18. The lowest BCUT2D eigenvalue weighted by molar-refractivity contribution is -0.140. The number of hydrogen-bond donors (Lipinski definition) is 1. The van der Waals surface area contributed by atoms with Crippen molar-refractivity contribution in [2.45, 2.75) is 24.7 Å². The topological polar surface area (TPSA) is 72.5 Å². The van der Waals surface area contributed by atoms with Crippen LogP contribution in [0.5, 0.6) is 0 Å². The van der Waals surface area contributed by atoms with Gasteiger partial charge in [-0.05, 0) is 30.2 Å². The van der Waals surface area contributed by atoms with Gasteiger partial charge in [0.05, 0.1) is 18.4 Å². The molecule has 0 heterocycles. The number of methoxy groups -OCH3 is 1. The summed E-state index contributed by atoms with van der Waals surface area (Å²) in [5.41, 5.74) is 0.722. The molecule has 106 valence electrons. The summed E-state index contributed by atoms with van der Waals surface area (Å²) in [6, 6.07) is 4.99. The lowest BCUT2D eigenvalue weighted by atomic mass is 10.2. The van der Waals surface area contributed by atoms with Crippen molar-refractivity contribution in [3.05, 3.63) is 28.2 Å². The zero-order chi connectivity index (χ0) is 14.5. The van der Waals surface area contributed by atoms with Crippen molar-refractivity contribution in [3.8, 4) is 0 Å². The first kappa shape index (κ1) is 16.1. The molecule has 0 aromatic heterocycles. The van der Waals surface area contributed by atoms with E-state index in [1.54, 1.807) is 18.2 Å². The van der Waals surface area contributed by atoms with Crippen LogP contribution >= 0.6 is 15.9 Å². The lowest BCUT2D eigenvalue weighted by Gasteiger charge is -2.10. The Hall–Kier alpha value is -0.920. The van der Waals surface area contributed by atoms with Gasteiger partial charge in [0.2, 0.25) is 10.0 Å². The standard InChI is InChI=1S/C12H16BrNO4S/c1-3-9-8-10(13)4-5-11(9)19(16,17)14-7-6-12(15)18-2/h4-5,8,14H,3,6-7H2,1-2H3. The maximum Gasteiger partial charge on any atom is 0.306 e. The minimum absolute atomic E-state index is 0.00766. The smallest absolute Gasteiger partial charge is 0.306 e. The van der Waals surface area contributed by atoms with Gasteiger partial charge < -0.3 is 4.74 Å². The Morgan fingerprint density at radius 1 is 1.42 bits per heavy atom. The van der Waals surface area contributed by atoms with Crippen LogP contribution in [-0.2, 0) is 26.0 Å². The van der Waals surface area contributed by atoms with E-state index in [-0.39, 0.29) is 17.9 Å². The van der Waals surface area contributed by atoms with Crippen molar-refractivity contribution in [1.82, 2.24) is 4.72 Å². The summed E-state index contributed by atoms with van der Waals surface area (Å²) in [6.07, 6.45) is 0.612. The zero-order valence-electron chi connectivity index (χ0n) is 10.8. The molecule has 1 aromatic carbocycles. The molecule has 0 unspecified atom stereocenters. The molecule has 0 fully saturated rings. The van der Waals surface area contributed by atoms with Gasteiger partial charge in [0, 0.05) is 11.0 Å². The summed E-state index contributed by atoms with van der Waals surface area (Å²) in [7, 11) is -2.34. The number of aryl methyl sites for hydroxylation is 1. The largest absolute Gasteiger partial charge is 0.469 e. The first-order valence-corrected chi connectivity index (χ1v) is 8.03. The Labute approximate surface area is 121 Å². The number of ether oxygens (including phenoxy) is 1. The Kier molecular flexibility index (Phi) is 5.96. The number of hydrogen-bond acceptors (Lipinski definition) is 4. The summed E-state index contributed by atoms with van der Waals surface area (Å²) in [5, 5.41) is 0. The first-order chi connectivity index (χ1) is 8.90. The molecule has 1 N–H and O–H groups in total. The highest BCUT2D eigenvalue weighted by molar-refractivity contribution is 9.10. The number of benzene rings is 1. The van der Waals surface area contributed by atoms with Crippen LogP contribution in [0.15, 0.2) is 27.6 Å². The molecule has 1 rings (SSSR count). The van der Waals surface area contributed by atoms with Crippen LogP contribution in [0.1, 0.15) is 18.9 Å². The minimum atomic E-state index is -3.60. The average molecular weight is 350 g/mol. The quantitative estimate of drug-likeness (QED) is 0.795. The lowest BCUT2D eigenvalue weighted by Crippen LogP contribution is -2.27. The monoisotopic (exact) mass is 349 g/mol. The second-order valence-electron chi connectivity index (χ2n) is 3.83. The van der Waals surface area contributed by atoms with E-state index in [0.717, 1.165) is 10.0 Å². The molecule has 0 spiro atoms. The predicted octanol–water partition coefficient (Wildman–Crippen LogP) is 1.85. The molecule has 0 saturated carbocycles.